The summed E-state index contributed by atoms with van der Waals surface area (Å²) in [5.41, 5.74) is 0.151. The maximum absolute atomic E-state index is 13.0. The van der Waals surface area contributed by atoms with Crippen LogP contribution < -0.4 is 19.1 Å². The molecular weight excluding hydrogens is 531 g/mol. The standard InChI is InChI=1S/C24H16Cl2N2O7S/c1-34-21-12-14(5-10-20(21)35-36(32,33)18-8-6-15(25)7-9-18)11-19-22(29)27-24(31)28(23(19)30)17-4-2-3-16(26)13-17/h2-13H,1H3,(H,27,29,31)/b19-11+. The van der Waals surface area contributed by atoms with Crippen LogP contribution in [0.4, 0.5) is 10.5 Å². The van der Waals surface area contributed by atoms with Gasteiger partial charge >= 0.3 is 16.1 Å². The van der Waals surface area contributed by atoms with Gasteiger partial charge in [-0.25, -0.2) is 9.69 Å². The number of nitrogens with zero attached hydrogens (tertiary/aromatic N) is 1. The molecule has 0 saturated carbocycles. The van der Waals surface area contributed by atoms with Crippen LogP contribution in [0.1, 0.15) is 5.56 Å². The number of hydrogen-bond donors (Lipinski definition) is 1. The predicted octanol–water partition coefficient (Wildman–Crippen LogP) is 4.44. The number of barbiturate groups is 1. The maximum atomic E-state index is 13.0. The second-order valence-corrected chi connectivity index (χ2v) is 9.76. The molecule has 0 aliphatic carbocycles. The minimum Gasteiger partial charge on any atom is -0.493 e. The zero-order valence-corrected chi connectivity index (χ0v) is 20.7. The van der Waals surface area contributed by atoms with E-state index in [1.807, 2.05) is 0 Å². The van der Waals surface area contributed by atoms with Gasteiger partial charge in [0.25, 0.3) is 11.8 Å². The van der Waals surface area contributed by atoms with Crippen molar-refractivity contribution in [1.29, 1.82) is 0 Å². The molecule has 0 radical (unpaired) electrons. The Labute approximate surface area is 216 Å². The van der Waals surface area contributed by atoms with Crippen LogP contribution in [0.3, 0.4) is 0 Å². The lowest BCUT2D eigenvalue weighted by Gasteiger charge is -2.26. The summed E-state index contributed by atoms with van der Waals surface area (Å²) in [5, 5.41) is 2.77. The number of carbonyl (C=O) groups is 3. The lowest BCUT2D eigenvalue weighted by Crippen LogP contribution is -2.54. The molecule has 3 aromatic carbocycles. The topological polar surface area (TPSA) is 119 Å². The van der Waals surface area contributed by atoms with E-state index < -0.39 is 28.0 Å². The van der Waals surface area contributed by atoms with Gasteiger partial charge in [0.2, 0.25) is 0 Å². The quantitative estimate of drug-likeness (QED) is 0.275. The average molecular weight is 547 g/mol. The van der Waals surface area contributed by atoms with E-state index in [1.165, 1.54) is 67.8 Å². The van der Waals surface area contributed by atoms with Crippen LogP contribution in [0, 0.1) is 0 Å². The summed E-state index contributed by atoms with van der Waals surface area (Å²) in [4.78, 5) is 38.5. The Morgan fingerprint density at radius 2 is 1.61 bits per heavy atom. The Morgan fingerprint density at radius 3 is 2.28 bits per heavy atom. The molecule has 3 aromatic rings. The number of nitrogens with one attached hydrogen (secondary N) is 1. The van der Waals surface area contributed by atoms with E-state index >= 15 is 0 Å². The summed E-state index contributed by atoms with van der Waals surface area (Å²) in [7, 11) is -2.90. The van der Waals surface area contributed by atoms with Crippen molar-refractivity contribution in [2.24, 2.45) is 0 Å². The molecule has 0 bridgehead atoms. The second kappa shape index (κ2) is 10.0. The summed E-state index contributed by atoms with van der Waals surface area (Å²) in [6, 6.07) is 14.6. The van der Waals surface area contributed by atoms with Crippen molar-refractivity contribution in [3.8, 4) is 11.5 Å². The van der Waals surface area contributed by atoms with Crippen molar-refractivity contribution < 1.29 is 31.7 Å². The molecule has 0 spiro atoms. The summed E-state index contributed by atoms with van der Waals surface area (Å²) in [6.07, 6.45) is 1.24. The highest BCUT2D eigenvalue weighted by Gasteiger charge is 2.37. The van der Waals surface area contributed by atoms with Gasteiger partial charge in [-0.3, -0.25) is 14.9 Å². The first-order chi connectivity index (χ1) is 17.1. The van der Waals surface area contributed by atoms with E-state index in [2.05, 4.69) is 5.32 Å². The molecule has 0 unspecified atom stereocenters. The van der Waals surface area contributed by atoms with E-state index in [0.717, 1.165) is 4.90 Å². The molecule has 4 rings (SSSR count). The number of rotatable bonds is 6. The number of amides is 4. The smallest absolute Gasteiger partial charge is 0.339 e. The maximum Gasteiger partial charge on any atom is 0.339 e. The van der Waals surface area contributed by atoms with E-state index in [0.29, 0.717) is 15.6 Å². The average Bonchev–Trinajstić information content (AvgIpc) is 2.82. The summed E-state index contributed by atoms with van der Waals surface area (Å²) >= 11 is 11.8. The van der Waals surface area contributed by atoms with Gasteiger partial charge < -0.3 is 8.92 Å². The van der Waals surface area contributed by atoms with Crippen LogP contribution in [-0.4, -0.2) is 33.4 Å². The first-order valence-electron chi connectivity index (χ1n) is 10.1. The zero-order chi connectivity index (χ0) is 26.0. The van der Waals surface area contributed by atoms with Crippen molar-refractivity contribution in [2.45, 2.75) is 4.90 Å². The number of methoxy groups -OCH3 is 1. The van der Waals surface area contributed by atoms with Gasteiger partial charge in [-0.1, -0.05) is 35.3 Å². The van der Waals surface area contributed by atoms with Crippen molar-refractivity contribution in [2.75, 3.05) is 12.0 Å². The van der Waals surface area contributed by atoms with Crippen molar-refractivity contribution in [3.05, 3.63) is 87.9 Å². The molecule has 0 atom stereocenters. The first kappa shape index (κ1) is 25.2. The third kappa shape index (κ3) is 5.20. The van der Waals surface area contributed by atoms with Gasteiger partial charge in [0.15, 0.2) is 11.5 Å². The molecular formula is C24H16Cl2N2O7S. The number of anilines is 1. The number of halogens is 2. The van der Waals surface area contributed by atoms with Crippen LogP contribution >= 0.6 is 23.2 Å². The highest BCUT2D eigenvalue weighted by Crippen LogP contribution is 2.32. The minimum absolute atomic E-state index is 0.0216. The SMILES string of the molecule is COc1cc(/C=C2\C(=O)NC(=O)N(c3cccc(Cl)c3)C2=O)ccc1OS(=O)(=O)c1ccc(Cl)cc1. The van der Waals surface area contributed by atoms with Crippen LogP contribution in [-0.2, 0) is 19.7 Å². The molecule has 1 fully saturated rings. The zero-order valence-electron chi connectivity index (χ0n) is 18.4. The highest BCUT2D eigenvalue weighted by atomic mass is 35.5. The number of hydrogen-bond acceptors (Lipinski definition) is 7. The van der Waals surface area contributed by atoms with Gasteiger partial charge in [0.05, 0.1) is 12.8 Å². The minimum atomic E-state index is -4.20. The molecule has 4 amide bonds. The molecule has 9 nitrogen and oxygen atoms in total. The van der Waals surface area contributed by atoms with Crippen LogP contribution in [0.5, 0.6) is 11.5 Å². The van der Waals surface area contributed by atoms with Crippen LogP contribution in [0.2, 0.25) is 10.0 Å². The van der Waals surface area contributed by atoms with E-state index in [1.54, 1.807) is 12.1 Å². The Hall–Kier alpha value is -3.86. The lowest BCUT2D eigenvalue weighted by molar-refractivity contribution is -0.122. The Morgan fingerprint density at radius 1 is 0.889 bits per heavy atom. The van der Waals surface area contributed by atoms with Crippen molar-refractivity contribution in [3.63, 3.8) is 0 Å². The third-order valence-corrected chi connectivity index (χ3v) is 6.70. The molecule has 1 N–H and O–H groups in total. The van der Waals surface area contributed by atoms with E-state index in [4.69, 9.17) is 32.1 Å². The van der Waals surface area contributed by atoms with Gasteiger partial charge in [0.1, 0.15) is 10.5 Å². The largest absolute Gasteiger partial charge is 0.493 e. The van der Waals surface area contributed by atoms with Gasteiger partial charge in [-0.05, 0) is 66.2 Å². The predicted molar refractivity (Wildman–Crippen MR) is 133 cm³/mol. The highest BCUT2D eigenvalue weighted by molar-refractivity contribution is 7.87. The monoisotopic (exact) mass is 546 g/mol. The molecule has 36 heavy (non-hydrogen) atoms. The fraction of sp³-hybridized carbons (Fsp3) is 0.0417. The second-order valence-electron chi connectivity index (χ2n) is 7.34. The van der Waals surface area contributed by atoms with Crippen LogP contribution in [0.25, 0.3) is 6.08 Å². The normalized spacial score (nSPS) is 15.1. The summed E-state index contributed by atoms with van der Waals surface area (Å²) in [6.45, 7) is 0. The molecule has 0 aromatic heterocycles. The van der Waals surface area contributed by atoms with E-state index in [9.17, 15) is 22.8 Å². The molecule has 1 aliphatic heterocycles. The fourth-order valence-corrected chi connectivity index (χ4v) is 4.53. The summed E-state index contributed by atoms with van der Waals surface area (Å²) in [5.74, 6) is -1.86. The number of imide groups is 2. The van der Waals surface area contributed by atoms with Gasteiger partial charge in [-0.2, -0.15) is 8.42 Å². The Balaban J connectivity index is 1.65. The Kier molecular flexibility index (Phi) is 7.02. The molecule has 12 heteroatoms. The van der Waals surface area contributed by atoms with E-state index in [-0.39, 0.29) is 27.7 Å². The third-order valence-electron chi connectivity index (χ3n) is 4.97. The van der Waals surface area contributed by atoms with Crippen LogP contribution in [0.15, 0.2) is 77.2 Å². The van der Waals surface area contributed by atoms with Gasteiger partial charge in [0, 0.05) is 10.0 Å². The number of urea groups is 1. The molecule has 1 heterocycles. The van der Waals surface area contributed by atoms with Gasteiger partial charge in [-0.15, -0.1) is 0 Å². The number of benzene rings is 3. The molecule has 1 saturated heterocycles. The van der Waals surface area contributed by atoms with Crippen molar-refractivity contribution >= 4 is 62.9 Å². The Bertz CT molecular complexity index is 1520. The number of ether oxygens (including phenoxy) is 1. The first-order valence-corrected chi connectivity index (χ1v) is 12.3. The summed E-state index contributed by atoms with van der Waals surface area (Å²) < 4.78 is 35.7. The van der Waals surface area contributed by atoms with Crippen molar-refractivity contribution in [1.82, 2.24) is 5.32 Å². The molecule has 1 aliphatic rings. The lowest BCUT2D eigenvalue weighted by atomic mass is 10.1. The fourth-order valence-electron chi connectivity index (χ4n) is 3.28. The molecule has 184 valence electrons. The number of carbonyl (C=O) groups excluding carboxylic acids is 3.